The van der Waals surface area contributed by atoms with Crippen molar-refractivity contribution in [3.63, 3.8) is 0 Å². The van der Waals surface area contributed by atoms with Crippen LogP contribution in [-0.4, -0.2) is 22.6 Å². The minimum atomic E-state index is 0.0970. The van der Waals surface area contributed by atoms with E-state index in [1.165, 1.54) is 32.1 Å². The van der Waals surface area contributed by atoms with Crippen LogP contribution in [0.25, 0.3) is 10.9 Å². The number of anilines is 2. The quantitative estimate of drug-likeness (QED) is 0.748. The van der Waals surface area contributed by atoms with Gasteiger partial charge in [-0.15, -0.1) is 0 Å². The first kappa shape index (κ1) is 19.4. The summed E-state index contributed by atoms with van der Waals surface area (Å²) in [7, 11) is 0. The topological polar surface area (TPSA) is 73.6 Å². The molecule has 0 saturated heterocycles. The number of hydrogen-bond acceptors (Lipinski definition) is 5. The Hall–Kier alpha value is -2.35. The molecule has 1 heterocycles. The summed E-state index contributed by atoms with van der Waals surface area (Å²) in [6.45, 7) is 9.68. The summed E-state index contributed by atoms with van der Waals surface area (Å²) in [4.78, 5) is 9.45. The molecule has 144 valence electrons. The summed E-state index contributed by atoms with van der Waals surface area (Å²) in [5.74, 6) is 2.10. The van der Waals surface area contributed by atoms with Crippen LogP contribution in [0.2, 0.25) is 0 Å². The molecule has 0 aliphatic heterocycles. The zero-order valence-corrected chi connectivity index (χ0v) is 17.0. The molecule has 5 nitrogen and oxygen atoms in total. The highest BCUT2D eigenvalue weighted by Crippen LogP contribution is 2.29. The third kappa shape index (κ3) is 4.68. The number of fused-ring (bicyclic) bond motifs is 1. The van der Waals surface area contributed by atoms with Gasteiger partial charge in [-0.2, -0.15) is 10.2 Å². The van der Waals surface area contributed by atoms with E-state index in [0.29, 0.717) is 22.9 Å². The van der Waals surface area contributed by atoms with Crippen LogP contribution < -0.4 is 10.6 Å². The summed E-state index contributed by atoms with van der Waals surface area (Å²) in [5.41, 5.74) is 1.40. The molecule has 3 rings (SSSR count). The average Bonchev–Trinajstić information content (AvgIpc) is 2.66. The Kier molecular flexibility index (Phi) is 5.84. The molecule has 0 bridgehead atoms. The second-order valence-corrected chi connectivity index (χ2v) is 8.83. The molecule has 0 spiro atoms. The van der Waals surface area contributed by atoms with Crippen LogP contribution in [0.5, 0.6) is 0 Å². The molecule has 0 amide bonds. The highest BCUT2D eigenvalue weighted by atomic mass is 15.2. The van der Waals surface area contributed by atoms with Gasteiger partial charge in [-0.05, 0) is 43.2 Å². The number of hydrogen-bond donors (Lipinski definition) is 2. The summed E-state index contributed by atoms with van der Waals surface area (Å²) < 4.78 is 0. The highest BCUT2D eigenvalue weighted by Gasteiger charge is 2.22. The number of nitriles is 1. The normalized spacial score (nSPS) is 16.7. The first-order valence-electron chi connectivity index (χ1n) is 10.1. The van der Waals surface area contributed by atoms with Gasteiger partial charge in [0.1, 0.15) is 11.9 Å². The number of aromatic nitrogens is 2. The maximum atomic E-state index is 9.51. The molecular weight excluding hydrogens is 334 g/mol. The number of para-hydroxylation sites is 1. The van der Waals surface area contributed by atoms with Crippen LogP contribution >= 0.6 is 0 Å². The van der Waals surface area contributed by atoms with E-state index in [4.69, 9.17) is 4.98 Å². The molecule has 1 aromatic heterocycles. The number of nitrogens with zero attached hydrogens (tertiary/aromatic N) is 3. The fourth-order valence-electron chi connectivity index (χ4n) is 3.48. The van der Waals surface area contributed by atoms with Crippen LogP contribution in [0, 0.1) is 22.7 Å². The van der Waals surface area contributed by atoms with Crippen LogP contribution in [0.1, 0.15) is 65.4 Å². The lowest BCUT2D eigenvalue weighted by Crippen LogP contribution is -2.31. The SMILES string of the molecule is C[C@@H](Nc1nc(NCC2CCCCC2)nc2c(C#N)cccc12)C(C)(C)C. The number of rotatable bonds is 5. The second-order valence-electron chi connectivity index (χ2n) is 8.83. The Morgan fingerprint density at radius 1 is 1.19 bits per heavy atom. The Morgan fingerprint density at radius 3 is 2.59 bits per heavy atom. The van der Waals surface area contributed by atoms with Crippen LogP contribution in [-0.2, 0) is 0 Å². The minimum Gasteiger partial charge on any atom is -0.366 e. The van der Waals surface area contributed by atoms with Crippen molar-refractivity contribution in [1.29, 1.82) is 5.26 Å². The molecular formula is C22H31N5. The zero-order valence-electron chi connectivity index (χ0n) is 17.0. The molecule has 1 atom stereocenters. The third-order valence-corrected chi connectivity index (χ3v) is 5.77. The lowest BCUT2D eigenvalue weighted by Gasteiger charge is -2.29. The van der Waals surface area contributed by atoms with Crippen LogP contribution in [0.15, 0.2) is 18.2 Å². The van der Waals surface area contributed by atoms with E-state index in [9.17, 15) is 5.26 Å². The predicted molar refractivity (Wildman–Crippen MR) is 112 cm³/mol. The van der Waals surface area contributed by atoms with Gasteiger partial charge in [0, 0.05) is 18.0 Å². The van der Waals surface area contributed by atoms with Crippen LogP contribution in [0.4, 0.5) is 11.8 Å². The fourth-order valence-corrected chi connectivity index (χ4v) is 3.48. The molecule has 27 heavy (non-hydrogen) atoms. The molecule has 1 fully saturated rings. The van der Waals surface area contributed by atoms with Gasteiger partial charge in [0.05, 0.1) is 11.1 Å². The van der Waals surface area contributed by atoms with Gasteiger partial charge in [0.25, 0.3) is 0 Å². The van der Waals surface area contributed by atoms with Crippen molar-refractivity contribution in [2.75, 3.05) is 17.2 Å². The molecule has 1 aliphatic carbocycles. The average molecular weight is 366 g/mol. The molecule has 1 saturated carbocycles. The Morgan fingerprint density at radius 2 is 1.93 bits per heavy atom. The van der Waals surface area contributed by atoms with E-state index >= 15 is 0 Å². The first-order valence-corrected chi connectivity index (χ1v) is 10.1. The van der Waals surface area contributed by atoms with Crippen molar-refractivity contribution in [1.82, 2.24) is 9.97 Å². The Labute approximate surface area is 162 Å². The third-order valence-electron chi connectivity index (χ3n) is 5.77. The minimum absolute atomic E-state index is 0.0970. The monoisotopic (exact) mass is 365 g/mol. The van der Waals surface area contributed by atoms with E-state index in [1.807, 2.05) is 18.2 Å². The largest absolute Gasteiger partial charge is 0.366 e. The van der Waals surface area contributed by atoms with Gasteiger partial charge in [-0.1, -0.05) is 46.1 Å². The van der Waals surface area contributed by atoms with Gasteiger partial charge >= 0.3 is 0 Å². The van der Waals surface area contributed by atoms with E-state index in [-0.39, 0.29) is 11.5 Å². The molecule has 5 heteroatoms. The summed E-state index contributed by atoms with van der Waals surface area (Å²) in [6.07, 6.45) is 6.54. The van der Waals surface area contributed by atoms with Gasteiger partial charge < -0.3 is 10.6 Å². The molecule has 2 aromatic rings. The van der Waals surface area contributed by atoms with Crippen molar-refractivity contribution in [2.24, 2.45) is 11.3 Å². The number of nitrogens with one attached hydrogen (secondary N) is 2. The molecule has 2 N–H and O–H groups in total. The van der Waals surface area contributed by atoms with Crippen molar-refractivity contribution in [2.45, 2.75) is 65.8 Å². The zero-order chi connectivity index (χ0) is 19.4. The maximum absolute atomic E-state index is 9.51. The molecule has 0 radical (unpaired) electrons. The predicted octanol–water partition coefficient (Wildman–Crippen LogP) is 5.34. The van der Waals surface area contributed by atoms with Crippen LogP contribution in [0.3, 0.4) is 0 Å². The number of benzene rings is 1. The highest BCUT2D eigenvalue weighted by molar-refractivity contribution is 5.93. The molecule has 1 aliphatic rings. The Bertz CT molecular complexity index is 825. The van der Waals surface area contributed by atoms with E-state index < -0.39 is 0 Å². The first-order chi connectivity index (χ1) is 12.9. The fraction of sp³-hybridized carbons (Fsp3) is 0.591. The van der Waals surface area contributed by atoms with Crippen molar-refractivity contribution in [3.8, 4) is 6.07 Å². The van der Waals surface area contributed by atoms with Gasteiger partial charge in [-0.3, -0.25) is 0 Å². The van der Waals surface area contributed by atoms with E-state index in [1.54, 1.807) is 0 Å². The molecule has 1 aromatic carbocycles. The van der Waals surface area contributed by atoms with E-state index in [0.717, 1.165) is 17.7 Å². The van der Waals surface area contributed by atoms with Crippen molar-refractivity contribution in [3.05, 3.63) is 23.8 Å². The standard InChI is InChI=1S/C22H31N5/c1-15(22(2,3)4)25-20-18-12-8-11-17(13-23)19(18)26-21(27-20)24-14-16-9-6-5-7-10-16/h8,11-12,15-16H,5-7,9-10,14H2,1-4H3,(H2,24,25,26,27)/t15-/m1/s1. The summed E-state index contributed by atoms with van der Waals surface area (Å²) in [6, 6.07) is 8.19. The smallest absolute Gasteiger partial charge is 0.225 e. The maximum Gasteiger partial charge on any atom is 0.225 e. The Balaban J connectivity index is 1.92. The summed E-state index contributed by atoms with van der Waals surface area (Å²) in [5, 5.41) is 17.4. The lowest BCUT2D eigenvalue weighted by molar-refractivity contribution is 0.359. The van der Waals surface area contributed by atoms with Gasteiger partial charge in [0.15, 0.2) is 0 Å². The second kappa shape index (κ2) is 8.12. The van der Waals surface area contributed by atoms with Crippen molar-refractivity contribution < 1.29 is 0 Å². The lowest BCUT2D eigenvalue weighted by atomic mass is 9.88. The van der Waals surface area contributed by atoms with E-state index in [2.05, 4.69) is 49.4 Å². The van der Waals surface area contributed by atoms with Crippen molar-refractivity contribution >= 4 is 22.7 Å². The molecule has 0 unspecified atom stereocenters. The van der Waals surface area contributed by atoms with Gasteiger partial charge in [0.2, 0.25) is 5.95 Å². The summed E-state index contributed by atoms with van der Waals surface area (Å²) >= 11 is 0. The van der Waals surface area contributed by atoms with Gasteiger partial charge in [-0.25, -0.2) is 4.98 Å².